The molecule has 1 aromatic carbocycles. The molecule has 0 N–H and O–H groups in total. The van der Waals surface area contributed by atoms with Crippen LogP contribution in [-0.2, 0) is 4.74 Å². The third kappa shape index (κ3) is 4.51. The maximum absolute atomic E-state index is 10.8. The van der Waals surface area contributed by atoms with Crippen molar-refractivity contribution in [3.05, 3.63) is 38.4 Å². The fraction of sp³-hybridized carbons (Fsp3) is 0.455. The van der Waals surface area contributed by atoms with Gasteiger partial charge in [0.15, 0.2) is 5.75 Å². The van der Waals surface area contributed by atoms with Gasteiger partial charge in [-0.05, 0) is 18.9 Å². The van der Waals surface area contributed by atoms with Crippen LogP contribution in [0.4, 0.5) is 11.4 Å². The summed E-state index contributed by atoms with van der Waals surface area (Å²) in [5.74, 6) is 0.0352. The lowest BCUT2D eigenvalue weighted by Crippen LogP contribution is -2.02. The van der Waals surface area contributed by atoms with Gasteiger partial charge in [-0.25, -0.2) is 0 Å². The molecule has 0 bridgehead atoms. The summed E-state index contributed by atoms with van der Waals surface area (Å²) in [7, 11) is 1.59. The van der Waals surface area contributed by atoms with Crippen LogP contribution in [0.25, 0.3) is 0 Å². The van der Waals surface area contributed by atoms with E-state index < -0.39 is 15.5 Å². The number of rotatable bonds is 8. The predicted octanol–water partition coefficient (Wildman–Crippen LogP) is 2.31. The number of benzene rings is 1. The van der Waals surface area contributed by atoms with E-state index in [4.69, 9.17) is 9.47 Å². The standard InChI is InChI=1S/C11H14N2O6/c1-18-6-2-3-7-19-11-5-4-9(12(14)15)8-10(11)13(16)17/h4-5,8H,2-3,6-7H2,1H3. The minimum atomic E-state index is -0.697. The fourth-order valence-corrected chi connectivity index (χ4v) is 1.41. The van der Waals surface area contributed by atoms with E-state index in [1.807, 2.05) is 0 Å². The van der Waals surface area contributed by atoms with Gasteiger partial charge in [0.1, 0.15) is 0 Å². The van der Waals surface area contributed by atoms with Gasteiger partial charge in [0.05, 0.1) is 22.5 Å². The minimum Gasteiger partial charge on any atom is -0.487 e. The lowest BCUT2D eigenvalue weighted by atomic mass is 10.2. The quantitative estimate of drug-likeness (QED) is 0.407. The molecule has 0 saturated carbocycles. The number of unbranched alkanes of at least 4 members (excludes halogenated alkanes) is 1. The monoisotopic (exact) mass is 270 g/mol. The van der Waals surface area contributed by atoms with Gasteiger partial charge in [-0.3, -0.25) is 20.2 Å². The first-order chi connectivity index (χ1) is 9.06. The first-order valence-electron chi connectivity index (χ1n) is 5.61. The average Bonchev–Trinajstić information content (AvgIpc) is 2.38. The Morgan fingerprint density at radius 2 is 1.79 bits per heavy atom. The van der Waals surface area contributed by atoms with Gasteiger partial charge in [-0.15, -0.1) is 0 Å². The normalized spacial score (nSPS) is 10.2. The molecule has 8 heteroatoms. The lowest BCUT2D eigenvalue weighted by molar-refractivity contribution is -0.394. The van der Waals surface area contributed by atoms with Crippen molar-refractivity contribution in [2.24, 2.45) is 0 Å². The molecule has 0 spiro atoms. The van der Waals surface area contributed by atoms with Crippen LogP contribution >= 0.6 is 0 Å². The third-order valence-corrected chi connectivity index (χ3v) is 2.35. The van der Waals surface area contributed by atoms with E-state index in [9.17, 15) is 20.2 Å². The van der Waals surface area contributed by atoms with E-state index in [1.165, 1.54) is 12.1 Å². The van der Waals surface area contributed by atoms with Gasteiger partial charge in [0.2, 0.25) is 0 Å². The Balaban J connectivity index is 2.71. The van der Waals surface area contributed by atoms with Crippen molar-refractivity contribution in [2.75, 3.05) is 20.3 Å². The summed E-state index contributed by atoms with van der Waals surface area (Å²) in [4.78, 5) is 20.0. The molecule has 0 aliphatic heterocycles. The van der Waals surface area contributed by atoms with Crippen LogP contribution < -0.4 is 4.74 Å². The topological polar surface area (TPSA) is 105 Å². The lowest BCUT2D eigenvalue weighted by Gasteiger charge is -2.06. The van der Waals surface area contributed by atoms with E-state index in [2.05, 4.69) is 0 Å². The molecule has 1 aromatic rings. The second-order valence-electron chi connectivity index (χ2n) is 3.71. The third-order valence-electron chi connectivity index (χ3n) is 2.35. The molecule has 0 heterocycles. The van der Waals surface area contributed by atoms with Crippen LogP contribution in [-0.4, -0.2) is 30.2 Å². The fourth-order valence-electron chi connectivity index (χ4n) is 1.41. The summed E-state index contributed by atoms with van der Waals surface area (Å²) >= 11 is 0. The van der Waals surface area contributed by atoms with E-state index in [0.717, 1.165) is 12.5 Å². The highest BCUT2D eigenvalue weighted by molar-refractivity contribution is 5.53. The molecular formula is C11H14N2O6. The van der Waals surface area contributed by atoms with Crippen molar-refractivity contribution in [1.82, 2.24) is 0 Å². The molecule has 1 rings (SSSR count). The Bertz CT molecular complexity index is 462. The summed E-state index contributed by atoms with van der Waals surface area (Å²) in [6.45, 7) is 0.883. The van der Waals surface area contributed by atoms with Crippen LogP contribution in [0.1, 0.15) is 12.8 Å². The molecule has 0 amide bonds. The summed E-state index contributed by atoms with van der Waals surface area (Å²) < 4.78 is 10.1. The molecule has 0 aliphatic rings. The summed E-state index contributed by atoms with van der Waals surface area (Å²) in [5, 5.41) is 21.4. The summed E-state index contributed by atoms with van der Waals surface area (Å²) in [6, 6.07) is 3.31. The molecule has 104 valence electrons. The number of hydrogen-bond acceptors (Lipinski definition) is 6. The van der Waals surface area contributed by atoms with Crippen molar-refractivity contribution < 1.29 is 19.3 Å². The molecule has 19 heavy (non-hydrogen) atoms. The highest BCUT2D eigenvalue weighted by Crippen LogP contribution is 2.30. The van der Waals surface area contributed by atoms with Crippen LogP contribution in [0.15, 0.2) is 18.2 Å². The van der Waals surface area contributed by atoms with Gasteiger partial charge in [-0.2, -0.15) is 0 Å². The Hall–Kier alpha value is -2.22. The molecule has 0 atom stereocenters. The van der Waals surface area contributed by atoms with Crippen LogP contribution in [0.2, 0.25) is 0 Å². The zero-order chi connectivity index (χ0) is 14.3. The number of hydrogen-bond donors (Lipinski definition) is 0. The van der Waals surface area contributed by atoms with Crippen LogP contribution in [0.5, 0.6) is 5.75 Å². The zero-order valence-electron chi connectivity index (χ0n) is 10.4. The Kier molecular flexibility index (Phi) is 5.68. The molecule has 0 radical (unpaired) electrons. The van der Waals surface area contributed by atoms with Crippen molar-refractivity contribution in [3.63, 3.8) is 0 Å². The van der Waals surface area contributed by atoms with E-state index in [0.29, 0.717) is 19.6 Å². The minimum absolute atomic E-state index is 0.0352. The molecule has 0 fully saturated rings. The van der Waals surface area contributed by atoms with Crippen LogP contribution in [0.3, 0.4) is 0 Å². The van der Waals surface area contributed by atoms with Crippen molar-refractivity contribution >= 4 is 11.4 Å². The highest BCUT2D eigenvalue weighted by Gasteiger charge is 2.20. The van der Waals surface area contributed by atoms with E-state index in [-0.39, 0.29) is 11.4 Å². The summed E-state index contributed by atoms with van der Waals surface area (Å²) in [6.07, 6.45) is 1.46. The molecule has 0 unspecified atom stereocenters. The number of nitrogens with zero attached hydrogens (tertiary/aromatic N) is 2. The van der Waals surface area contributed by atoms with Gasteiger partial charge < -0.3 is 9.47 Å². The predicted molar refractivity (Wildman–Crippen MR) is 66.4 cm³/mol. The Morgan fingerprint density at radius 3 is 2.37 bits per heavy atom. The van der Waals surface area contributed by atoms with Crippen LogP contribution in [0, 0.1) is 20.2 Å². The first-order valence-corrected chi connectivity index (χ1v) is 5.61. The van der Waals surface area contributed by atoms with Crippen molar-refractivity contribution in [2.45, 2.75) is 12.8 Å². The second kappa shape index (κ2) is 7.27. The molecule has 0 aliphatic carbocycles. The number of methoxy groups -OCH3 is 1. The van der Waals surface area contributed by atoms with E-state index >= 15 is 0 Å². The highest BCUT2D eigenvalue weighted by atomic mass is 16.6. The Labute approximate surface area is 109 Å². The van der Waals surface area contributed by atoms with Gasteiger partial charge in [0.25, 0.3) is 5.69 Å². The maximum Gasteiger partial charge on any atom is 0.317 e. The Morgan fingerprint density at radius 1 is 1.11 bits per heavy atom. The summed E-state index contributed by atoms with van der Waals surface area (Å²) in [5.41, 5.74) is -0.737. The second-order valence-corrected chi connectivity index (χ2v) is 3.71. The SMILES string of the molecule is COCCCCOc1ccc([N+](=O)[O-])cc1[N+](=O)[O-]. The van der Waals surface area contributed by atoms with Gasteiger partial charge in [0, 0.05) is 19.8 Å². The largest absolute Gasteiger partial charge is 0.487 e. The number of nitro groups is 2. The van der Waals surface area contributed by atoms with Gasteiger partial charge in [-0.1, -0.05) is 0 Å². The molecule has 8 nitrogen and oxygen atoms in total. The zero-order valence-corrected chi connectivity index (χ0v) is 10.4. The van der Waals surface area contributed by atoms with Gasteiger partial charge >= 0.3 is 5.69 Å². The molecule has 0 saturated heterocycles. The smallest absolute Gasteiger partial charge is 0.317 e. The first kappa shape index (κ1) is 14.8. The number of nitro benzene ring substituents is 2. The molecule has 0 aromatic heterocycles. The van der Waals surface area contributed by atoms with Crippen molar-refractivity contribution in [1.29, 1.82) is 0 Å². The van der Waals surface area contributed by atoms with E-state index in [1.54, 1.807) is 7.11 Å². The number of non-ortho nitro benzene ring substituents is 1. The average molecular weight is 270 g/mol. The molecular weight excluding hydrogens is 256 g/mol. The number of ether oxygens (including phenoxy) is 2. The van der Waals surface area contributed by atoms with Crippen molar-refractivity contribution in [3.8, 4) is 5.75 Å². The maximum atomic E-state index is 10.8.